The quantitative estimate of drug-likeness (QED) is 0.586. The standard InChI is InChI=1S/C16H22IN3S/c1-11-9-12(2)20(19-11)8-4-7-18-14-5-3-6-15-13(14)10-16(17)21-15/h9-10,14,18H,3-8H2,1-2H3. The molecule has 0 amide bonds. The Morgan fingerprint density at radius 2 is 2.29 bits per heavy atom. The Bertz CT molecular complexity index is 617. The highest BCUT2D eigenvalue weighted by Gasteiger charge is 2.21. The summed E-state index contributed by atoms with van der Waals surface area (Å²) >= 11 is 4.42. The van der Waals surface area contributed by atoms with E-state index in [9.17, 15) is 0 Å². The van der Waals surface area contributed by atoms with Crippen molar-refractivity contribution in [1.82, 2.24) is 15.1 Å². The molecule has 1 aliphatic rings. The molecule has 0 bridgehead atoms. The molecule has 0 saturated carbocycles. The van der Waals surface area contributed by atoms with Crippen molar-refractivity contribution in [3.63, 3.8) is 0 Å². The normalized spacial score (nSPS) is 18.0. The maximum atomic E-state index is 4.52. The van der Waals surface area contributed by atoms with Crippen molar-refractivity contribution in [3.8, 4) is 0 Å². The molecule has 1 atom stereocenters. The summed E-state index contributed by atoms with van der Waals surface area (Å²) in [7, 11) is 0. The third kappa shape index (κ3) is 3.68. The molecule has 1 aliphatic carbocycles. The predicted molar refractivity (Wildman–Crippen MR) is 97.0 cm³/mol. The fourth-order valence-electron chi connectivity index (χ4n) is 3.14. The van der Waals surface area contributed by atoms with Crippen LogP contribution in [0.4, 0.5) is 0 Å². The summed E-state index contributed by atoms with van der Waals surface area (Å²) in [5, 5.41) is 8.27. The lowest BCUT2D eigenvalue weighted by molar-refractivity contribution is 0.441. The molecule has 21 heavy (non-hydrogen) atoms. The third-order valence-corrected chi connectivity index (χ3v) is 6.10. The van der Waals surface area contributed by atoms with Crippen molar-refractivity contribution < 1.29 is 0 Å². The summed E-state index contributed by atoms with van der Waals surface area (Å²) < 4.78 is 3.55. The minimum absolute atomic E-state index is 0.564. The van der Waals surface area contributed by atoms with Gasteiger partial charge in [0.05, 0.1) is 8.58 Å². The number of hydrogen-bond acceptors (Lipinski definition) is 3. The van der Waals surface area contributed by atoms with E-state index in [2.05, 4.69) is 63.7 Å². The van der Waals surface area contributed by atoms with Gasteiger partial charge in [-0.05, 0) is 86.4 Å². The number of aryl methyl sites for hydroxylation is 4. The van der Waals surface area contributed by atoms with Crippen LogP contribution >= 0.6 is 33.9 Å². The van der Waals surface area contributed by atoms with E-state index in [1.165, 1.54) is 27.8 Å². The van der Waals surface area contributed by atoms with Gasteiger partial charge < -0.3 is 5.32 Å². The van der Waals surface area contributed by atoms with Crippen LogP contribution in [0.15, 0.2) is 12.1 Å². The van der Waals surface area contributed by atoms with Gasteiger partial charge in [0.25, 0.3) is 0 Å². The van der Waals surface area contributed by atoms with Gasteiger partial charge in [-0.2, -0.15) is 5.10 Å². The van der Waals surface area contributed by atoms with E-state index < -0.39 is 0 Å². The molecule has 0 fully saturated rings. The van der Waals surface area contributed by atoms with Gasteiger partial charge in [0.2, 0.25) is 0 Å². The number of rotatable bonds is 5. The largest absolute Gasteiger partial charge is 0.310 e. The molecule has 2 aromatic rings. The Balaban J connectivity index is 1.51. The molecule has 2 heterocycles. The van der Waals surface area contributed by atoms with Crippen molar-refractivity contribution in [2.45, 2.75) is 52.1 Å². The molecule has 0 aromatic carbocycles. The van der Waals surface area contributed by atoms with Crippen molar-refractivity contribution >= 4 is 33.9 Å². The lowest BCUT2D eigenvalue weighted by atomic mass is 9.94. The van der Waals surface area contributed by atoms with E-state index in [-0.39, 0.29) is 0 Å². The first-order valence-corrected chi connectivity index (χ1v) is 9.55. The first-order chi connectivity index (χ1) is 10.1. The average molecular weight is 415 g/mol. The van der Waals surface area contributed by atoms with Gasteiger partial charge in [0, 0.05) is 23.2 Å². The molecule has 5 heteroatoms. The van der Waals surface area contributed by atoms with Crippen LogP contribution in [0.3, 0.4) is 0 Å². The molecule has 3 rings (SSSR count). The van der Waals surface area contributed by atoms with Gasteiger partial charge >= 0.3 is 0 Å². The summed E-state index contributed by atoms with van der Waals surface area (Å²) in [6.45, 7) is 6.26. The molecule has 1 unspecified atom stereocenters. The Kier molecular flexibility index (Phi) is 5.01. The molecule has 114 valence electrons. The molecule has 2 aromatic heterocycles. The van der Waals surface area contributed by atoms with Crippen LogP contribution in [-0.4, -0.2) is 16.3 Å². The first kappa shape index (κ1) is 15.5. The number of nitrogens with one attached hydrogen (secondary N) is 1. The highest BCUT2D eigenvalue weighted by Crippen LogP contribution is 2.36. The second kappa shape index (κ2) is 6.79. The Morgan fingerprint density at radius 3 is 3.05 bits per heavy atom. The second-order valence-electron chi connectivity index (χ2n) is 5.83. The van der Waals surface area contributed by atoms with Gasteiger partial charge in [-0.15, -0.1) is 11.3 Å². The molecule has 0 spiro atoms. The fraction of sp³-hybridized carbons (Fsp3) is 0.562. The second-order valence-corrected chi connectivity index (χ2v) is 8.86. The van der Waals surface area contributed by atoms with E-state index in [0.29, 0.717) is 6.04 Å². The number of hydrogen-bond donors (Lipinski definition) is 1. The lowest BCUT2D eigenvalue weighted by Crippen LogP contribution is -2.26. The van der Waals surface area contributed by atoms with Gasteiger partial charge in [0.1, 0.15) is 0 Å². The van der Waals surface area contributed by atoms with Crippen molar-refractivity contribution in [2.75, 3.05) is 6.54 Å². The number of aromatic nitrogens is 2. The van der Waals surface area contributed by atoms with Gasteiger partial charge in [-0.3, -0.25) is 4.68 Å². The minimum atomic E-state index is 0.564. The van der Waals surface area contributed by atoms with Crippen LogP contribution in [0.1, 0.15) is 47.1 Å². The van der Waals surface area contributed by atoms with E-state index in [1.807, 2.05) is 11.3 Å². The topological polar surface area (TPSA) is 29.9 Å². The zero-order chi connectivity index (χ0) is 14.8. The summed E-state index contributed by atoms with van der Waals surface area (Å²) in [4.78, 5) is 1.60. The Labute approximate surface area is 144 Å². The van der Waals surface area contributed by atoms with Crippen LogP contribution in [0.2, 0.25) is 0 Å². The smallest absolute Gasteiger partial charge is 0.0659 e. The fourth-order valence-corrected chi connectivity index (χ4v) is 5.26. The number of halogens is 1. The predicted octanol–water partition coefficient (Wildman–Crippen LogP) is 4.22. The van der Waals surface area contributed by atoms with Gasteiger partial charge in [-0.25, -0.2) is 0 Å². The Morgan fingerprint density at radius 1 is 1.43 bits per heavy atom. The van der Waals surface area contributed by atoms with Crippen molar-refractivity contribution in [2.24, 2.45) is 0 Å². The zero-order valence-electron chi connectivity index (χ0n) is 12.7. The Hall–Kier alpha value is -0.400. The number of fused-ring (bicyclic) bond motifs is 1. The molecular formula is C16H22IN3S. The van der Waals surface area contributed by atoms with Crippen LogP contribution < -0.4 is 5.32 Å². The first-order valence-electron chi connectivity index (χ1n) is 7.66. The summed E-state index contributed by atoms with van der Waals surface area (Å²) in [5.74, 6) is 0. The highest BCUT2D eigenvalue weighted by molar-refractivity contribution is 14.1. The molecule has 3 nitrogen and oxygen atoms in total. The van der Waals surface area contributed by atoms with Crippen LogP contribution in [0, 0.1) is 16.7 Å². The average Bonchev–Trinajstić information content (AvgIpc) is 2.96. The summed E-state index contributed by atoms with van der Waals surface area (Å²) in [6, 6.07) is 5.08. The van der Waals surface area contributed by atoms with E-state index in [4.69, 9.17) is 0 Å². The van der Waals surface area contributed by atoms with Crippen LogP contribution in [-0.2, 0) is 13.0 Å². The molecule has 0 aliphatic heterocycles. The zero-order valence-corrected chi connectivity index (χ0v) is 15.6. The summed E-state index contributed by atoms with van der Waals surface area (Å²) in [6.07, 6.45) is 5.00. The molecule has 0 saturated heterocycles. The maximum Gasteiger partial charge on any atom is 0.0659 e. The number of thiophene rings is 1. The van der Waals surface area contributed by atoms with Crippen molar-refractivity contribution in [3.05, 3.63) is 36.8 Å². The lowest BCUT2D eigenvalue weighted by Gasteiger charge is -2.23. The highest BCUT2D eigenvalue weighted by atomic mass is 127. The molecule has 0 radical (unpaired) electrons. The van der Waals surface area contributed by atoms with Crippen LogP contribution in [0.25, 0.3) is 0 Å². The third-order valence-electron chi connectivity index (χ3n) is 4.12. The monoisotopic (exact) mass is 415 g/mol. The van der Waals surface area contributed by atoms with Gasteiger partial charge in [0.15, 0.2) is 0 Å². The summed E-state index contributed by atoms with van der Waals surface area (Å²) in [5.41, 5.74) is 3.94. The maximum absolute atomic E-state index is 4.52. The SMILES string of the molecule is Cc1cc(C)n(CCCNC2CCCc3sc(I)cc32)n1. The molecule has 1 N–H and O–H groups in total. The van der Waals surface area contributed by atoms with E-state index in [0.717, 1.165) is 25.2 Å². The molecular weight excluding hydrogens is 393 g/mol. The van der Waals surface area contributed by atoms with E-state index in [1.54, 1.807) is 10.4 Å². The van der Waals surface area contributed by atoms with Crippen LogP contribution in [0.5, 0.6) is 0 Å². The minimum Gasteiger partial charge on any atom is -0.310 e. The van der Waals surface area contributed by atoms with Gasteiger partial charge in [-0.1, -0.05) is 0 Å². The number of nitrogens with zero attached hydrogens (tertiary/aromatic N) is 2. The van der Waals surface area contributed by atoms with E-state index >= 15 is 0 Å². The van der Waals surface area contributed by atoms with Crippen molar-refractivity contribution in [1.29, 1.82) is 0 Å².